The molecule has 16 heteroatoms. The van der Waals surface area contributed by atoms with Crippen LogP contribution in [0.4, 0.5) is 0 Å². The maximum absolute atomic E-state index is 13.2. The van der Waals surface area contributed by atoms with Gasteiger partial charge in [0.05, 0.1) is 41.2 Å². The van der Waals surface area contributed by atoms with Crippen molar-refractivity contribution in [3.8, 4) is 40.1 Å². The summed E-state index contributed by atoms with van der Waals surface area (Å²) in [5.41, 5.74) is -2.36. The van der Waals surface area contributed by atoms with Crippen LogP contribution in [0.3, 0.4) is 0 Å². The average molecular weight is 639 g/mol. The topological polar surface area (TPSA) is 236 Å². The van der Waals surface area contributed by atoms with E-state index >= 15 is 0 Å². The number of ether oxygens (including phenoxy) is 7. The van der Waals surface area contributed by atoms with Crippen molar-refractivity contribution < 1.29 is 73.3 Å². The molecule has 0 radical (unpaired) electrons. The molecule has 3 heterocycles. The highest BCUT2D eigenvalue weighted by molar-refractivity contribution is 5.88. The van der Waals surface area contributed by atoms with Gasteiger partial charge in [-0.15, -0.1) is 0 Å². The molecule has 45 heavy (non-hydrogen) atoms. The van der Waals surface area contributed by atoms with Crippen molar-refractivity contribution >= 4 is 11.0 Å². The predicted octanol–water partition coefficient (Wildman–Crippen LogP) is -1.16. The van der Waals surface area contributed by atoms with E-state index in [2.05, 4.69) is 0 Å². The SMILES string of the molecule is COc1cc(O)c2c(=O)c(OC)c(-c3ccc(OC4OC(CO)C(O)C(O)C4OC4OCC(O)(CO)C4O)c(OC)c3)oc2c1. The molecule has 2 fully saturated rings. The van der Waals surface area contributed by atoms with Crippen molar-refractivity contribution in [2.24, 2.45) is 0 Å². The van der Waals surface area contributed by atoms with Crippen LogP contribution in [0.25, 0.3) is 22.3 Å². The molecule has 3 aromatic rings. The van der Waals surface area contributed by atoms with E-state index in [1.807, 2.05) is 0 Å². The highest BCUT2D eigenvalue weighted by atomic mass is 16.8. The van der Waals surface area contributed by atoms with E-state index in [0.29, 0.717) is 5.56 Å². The fourth-order valence-electron chi connectivity index (χ4n) is 5.14. The number of fused-ring (bicyclic) bond motifs is 1. The predicted molar refractivity (Wildman–Crippen MR) is 150 cm³/mol. The number of benzene rings is 2. The number of aliphatic hydroxyl groups is 6. The fourth-order valence-corrected chi connectivity index (χ4v) is 5.14. The van der Waals surface area contributed by atoms with Crippen molar-refractivity contribution in [3.05, 3.63) is 40.6 Å². The van der Waals surface area contributed by atoms with Gasteiger partial charge in [0, 0.05) is 17.7 Å². The van der Waals surface area contributed by atoms with Crippen molar-refractivity contribution in [1.82, 2.24) is 0 Å². The Balaban J connectivity index is 1.49. The number of aromatic hydroxyl groups is 1. The lowest BCUT2D eigenvalue weighted by Gasteiger charge is -2.42. The van der Waals surface area contributed by atoms with Gasteiger partial charge in [-0.05, 0) is 18.2 Å². The Kier molecular flexibility index (Phi) is 9.41. The lowest BCUT2D eigenvalue weighted by molar-refractivity contribution is -0.319. The molecule has 1 aromatic heterocycles. The Morgan fingerprint density at radius 1 is 0.956 bits per heavy atom. The van der Waals surface area contributed by atoms with Gasteiger partial charge < -0.3 is 73.3 Å². The van der Waals surface area contributed by atoms with Gasteiger partial charge in [-0.1, -0.05) is 0 Å². The maximum Gasteiger partial charge on any atom is 0.239 e. The number of hydrogen-bond donors (Lipinski definition) is 7. The van der Waals surface area contributed by atoms with Crippen molar-refractivity contribution in [2.45, 2.75) is 48.7 Å². The second kappa shape index (κ2) is 13.0. The summed E-state index contributed by atoms with van der Waals surface area (Å²) in [4.78, 5) is 13.2. The Hall–Kier alpha value is -3.71. The highest BCUT2D eigenvalue weighted by Gasteiger charge is 2.53. The molecule has 0 aliphatic carbocycles. The van der Waals surface area contributed by atoms with Crippen LogP contribution in [0.2, 0.25) is 0 Å². The second-order valence-corrected chi connectivity index (χ2v) is 10.5. The first-order valence-electron chi connectivity index (χ1n) is 13.7. The van der Waals surface area contributed by atoms with Gasteiger partial charge in [-0.25, -0.2) is 0 Å². The molecule has 0 saturated carbocycles. The Labute approximate surface area is 255 Å². The molecule has 0 amide bonds. The maximum atomic E-state index is 13.2. The van der Waals surface area contributed by atoms with Gasteiger partial charge in [-0.3, -0.25) is 4.79 Å². The van der Waals surface area contributed by atoms with E-state index in [-0.39, 0.29) is 45.5 Å². The second-order valence-electron chi connectivity index (χ2n) is 10.5. The highest BCUT2D eigenvalue weighted by Crippen LogP contribution is 2.40. The zero-order chi connectivity index (χ0) is 32.6. The Morgan fingerprint density at radius 3 is 2.33 bits per heavy atom. The first kappa shape index (κ1) is 32.7. The third-order valence-corrected chi connectivity index (χ3v) is 7.71. The number of phenols is 1. The van der Waals surface area contributed by atoms with Gasteiger partial charge in [0.2, 0.25) is 17.5 Å². The van der Waals surface area contributed by atoms with Crippen molar-refractivity contribution in [2.75, 3.05) is 41.2 Å². The average Bonchev–Trinajstić information content (AvgIpc) is 3.33. The molecular formula is C29H34O16. The largest absolute Gasteiger partial charge is 0.507 e. The van der Waals surface area contributed by atoms with Crippen LogP contribution in [-0.4, -0.2) is 126 Å². The van der Waals surface area contributed by atoms with Gasteiger partial charge in [0.25, 0.3) is 0 Å². The summed E-state index contributed by atoms with van der Waals surface area (Å²) < 4.78 is 44.6. The zero-order valence-corrected chi connectivity index (χ0v) is 24.4. The number of aliphatic hydroxyl groups excluding tert-OH is 5. The first-order valence-corrected chi connectivity index (χ1v) is 13.7. The normalized spacial score (nSPS) is 29.9. The van der Waals surface area contributed by atoms with Gasteiger partial charge in [0.15, 0.2) is 29.7 Å². The molecule has 8 unspecified atom stereocenters. The van der Waals surface area contributed by atoms with Crippen LogP contribution in [0.15, 0.2) is 39.5 Å². The van der Waals surface area contributed by atoms with Gasteiger partial charge >= 0.3 is 0 Å². The van der Waals surface area contributed by atoms with Crippen molar-refractivity contribution in [3.63, 3.8) is 0 Å². The first-order chi connectivity index (χ1) is 21.5. The molecule has 0 spiro atoms. The number of rotatable bonds is 10. The minimum absolute atomic E-state index is 0.00902. The van der Waals surface area contributed by atoms with Crippen LogP contribution >= 0.6 is 0 Å². The molecule has 2 aliphatic heterocycles. The van der Waals surface area contributed by atoms with Crippen LogP contribution in [0, 0.1) is 0 Å². The molecule has 0 bridgehead atoms. The summed E-state index contributed by atoms with van der Waals surface area (Å²) in [6.45, 7) is -2.02. The van der Waals surface area contributed by atoms with Crippen LogP contribution in [0.5, 0.6) is 28.7 Å². The summed E-state index contributed by atoms with van der Waals surface area (Å²) in [6, 6.07) is 7.04. The molecule has 2 aromatic carbocycles. The quantitative estimate of drug-likeness (QED) is 0.139. The molecule has 5 rings (SSSR count). The van der Waals surface area contributed by atoms with Crippen LogP contribution in [-0.2, 0) is 14.2 Å². The number of methoxy groups -OCH3 is 3. The van der Waals surface area contributed by atoms with Gasteiger partial charge in [0.1, 0.15) is 52.5 Å². The smallest absolute Gasteiger partial charge is 0.239 e. The van der Waals surface area contributed by atoms with E-state index in [0.717, 1.165) is 0 Å². The summed E-state index contributed by atoms with van der Waals surface area (Å²) in [6.07, 6.45) is -11.0. The molecule has 7 N–H and O–H groups in total. The lowest BCUT2D eigenvalue weighted by Crippen LogP contribution is -2.62. The zero-order valence-electron chi connectivity index (χ0n) is 24.4. The summed E-state index contributed by atoms with van der Waals surface area (Å²) in [5, 5.41) is 71.6. The monoisotopic (exact) mass is 638 g/mol. The molecule has 246 valence electrons. The lowest BCUT2D eigenvalue weighted by atomic mass is 9.98. The van der Waals surface area contributed by atoms with Crippen LogP contribution < -0.4 is 24.4 Å². The molecule has 2 aliphatic rings. The Bertz CT molecular complexity index is 1570. The van der Waals surface area contributed by atoms with E-state index < -0.39 is 74.0 Å². The van der Waals surface area contributed by atoms with E-state index in [9.17, 15) is 40.5 Å². The fraction of sp³-hybridized carbons (Fsp3) is 0.483. The standard InChI is InChI=1S/C29H34O16/c1-38-13-7-14(32)19-17(8-13)42-23(24(40-3)21(19)34)12-4-5-15(16(6-12)39-2)43-27-25(22(35)20(33)18(9-30)44-27)45-28-26(36)29(37,10-31)11-41-28/h4-8,18,20,22,25-28,30-33,35-37H,9-11H2,1-3H3. The third kappa shape index (κ3) is 5.87. The number of phenolic OH excluding ortho intramolecular Hbond substituents is 1. The van der Waals surface area contributed by atoms with Gasteiger partial charge in [-0.2, -0.15) is 0 Å². The van der Waals surface area contributed by atoms with Crippen LogP contribution in [0.1, 0.15) is 0 Å². The third-order valence-electron chi connectivity index (χ3n) is 7.71. The molecule has 2 saturated heterocycles. The molecule has 16 nitrogen and oxygen atoms in total. The number of hydrogen-bond acceptors (Lipinski definition) is 16. The van der Waals surface area contributed by atoms with E-state index in [1.165, 1.54) is 51.7 Å². The molecular weight excluding hydrogens is 604 g/mol. The summed E-state index contributed by atoms with van der Waals surface area (Å²) in [7, 11) is 3.98. The molecule has 8 atom stereocenters. The van der Waals surface area contributed by atoms with E-state index in [1.54, 1.807) is 0 Å². The van der Waals surface area contributed by atoms with Crippen molar-refractivity contribution in [1.29, 1.82) is 0 Å². The van der Waals surface area contributed by atoms with E-state index in [4.69, 9.17) is 37.6 Å². The minimum Gasteiger partial charge on any atom is -0.507 e. The minimum atomic E-state index is -2.03. The summed E-state index contributed by atoms with van der Waals surface area (Å²) in [5.74, 6) is -0.246. The Morgan fingerprint density at radius 2 is 1.71 bits per heavy atom. The summed E-state index contributed by atoms with van der Waals surface area (Å²) >= 11 is 0.